The van der Waals surface area contributed by atoms with Crippen molar-refractivity contribution in [3.8, 4) is 0 Å². The molecule has 0 fully saturated rings. The molecule has 0 aliphatic carbocycles. The van der Waals surface area contributed by atoms with E-state index >= 15 is 0 Å². The van der Waals surface area contributed by atoms with Crippen LogP contribution in [0.3, 0.4) is 0 Å². The van der Waals surface area contributed by atoms with Crippen LogP contribution in [-0.4, -0.2) is 69.4 Å². The molecule has 0 saturated heterocycles. The normalized spacial score (nSPS) is 14.4. The van der Waals surface area contributed by atoms with Gasteiger partial charge in [0.05, 0.1) is 33.8 Å². The highest BCUT2D eigenvalue weighted by molar-refractivity contribution is 7.45. The fraction of sp³-hybridized carbons (Fsp3) is 0.763. The second-order valence-electron chi connectivity index (χ2n) is 20.1. The first-order valence-corrected chi connectivity index (χ1v) is 29.7. The minimum absolute atomic E-state index is 0.0305. The molecule has 0 aromatic rings. The number of nitrogens with zero attached hydrogens (tertiary/aromatic N) is 1. The molecule has 0 heterocycles. The zero-order valence-electron chi connectivity index (χ0n) is 45.5. The molecule has 9 nitrogen and oxygen atoms in total. The summed E-state index contributed by atoms with van der Waals surface area (Å²) in [6.07, 6.45) is 61.5. The minimum Gasteiger partial charge on any atom is -0.756 e. The Morgan fingerprint density at radius 1 is 0.536 bits per heavy atom. The third kappa shape index (κ3) is 50.2. The van der Waals surface area contributed by atoms with Crippen molar-refractivity contribution < 1.29 is 37.3 Å². The number of quaternary nitrogens is 1. The zero-order valence-corrected chi connectivity index (χ0v) is 46.4. The van der Waals surface area contributed by atoms with E-state index in [2.05, 4.69) is 80.8 Å². The summed E-state index contributed by atoms with van der Waals surface area (Å²) >= 11 is 0. The Morgan fingerprint density at radius 3 is 1.52 bits per heavy atom. The molecule has 10 heteroatoms. The summed E-state index contributed by atoms with van der Waals surface area (Å²) in [5.41, 5.74) is 0. The predicted octanol–water partition coefficient (Wildman–Crippen LogP) is 16.3. The number of carbonyl (C=O) groups excluding carboxylic acids is 2. The van der Waals surface area contributed by atoms with E-state index in [9.17, 15) is 19.0 Å². The standard InChI is InChI=1S/C59H107N2O7P/c1-7-10-13-16-19-22-25-28-29-30-31-34-37-40-43-46-49-52-59(63)68-57(50-47-44-41-38-35-32-26-23-20-17-14-11-8-2)56(55-67-69(64,65)66-54-53-61(4,5)6)60-58(62)51-48-45-42-39-36-33-27-24-21-18-15-12-9-3/h12,15,18-19,21-22,24,27-29,47,50,56-57H,7-11,13-14,16-17,20,23,25-26,30-46,48-49,51-55H2,1-6H3,(H-,60,62,64,65)/b15-12+,21-18+,22-19-,27-24-,29-28-,50-47+. The second kappa shape index (κ2) is 49.0. The van der Waals surface area contributed by atoms with Crippen molar-refractivity contribution in [1.29, 1.82) is 0 Å². The van der Waals surface area contributed by atoms with Gasteiger partial charge < -0.3 is 28.5 Å². The van der Waals surface area contributed by atoms with E-state index in [1.165, 1.54) is 103 Å². The molecule has 1 N–H and O–H groups in total. The van der Waals surface area contributed by atoms with Crippen LogP contribution < -0.4 is 10.2 Å². The molecule has 0 aliphatic heterocycles. The van der Waals surface area contributed by atoms with Crippen molar-refractivity contribution in [2.24, 2.45) is 0 Å². The average molecular weight is 987 g/mol. The number of esters is 1. The number of hydrogen-bond donors (Lipinski definition) is 1. The fourth-order valence-electron chi connectivity index (χ4n) is 7.79. The number of rotatable bonds is 50. The van der Waals surface area contributed by atoms with Gasteiger partial charge in [-0.3, -0.25) is 14.2 Å². The van der Waals surface area contributed by atoms with Gasteiger partial charge in [0, 0.05) is 12.8 Å². The van der Waals surface area contributed by atoms with Crippen LogP contribution in [0.2, 0.25) is 0 Å². The van der Waals surface area contributed by atoms with Crippen molar-refractivity contribution in [2.75, 3.05) is 40.9 Å². The van der Waals surface area contributed by atoms with E-state index in [4.69, 9.17) is 13.8 Å². The first-order chi connectivity index (χ1) is 33.4. The zero-order chi connectivity index (χ0) is 50.8. The van der Waals surface area contributed by atoms with Gasteiger partial charge in [-0.05, 0) is 83.1 Å². The highest BCUT2D eigenvalue weighted by Crippen LogP contribution is 2.38. The maximum Gasteiger partial charge on any atom is 0.306 e. The van der Waals surface area contributed by atoms with E-state index in [1.807, 2.05) is 39.4 Å². The molecule has 0 radical (unpaired) electrons. The van der Waals surface area contributed by atoms with E-state index in [1.54, 1.807) is 0 Å². The summed E-state index contributed by atoms with van der Waals surface area (Å²) in [4.78, 5) is 39.8. The molecule has 0 aromatic heterocycles. The molecule has 0 spiro atoms. The number of carbonyl (C=O) groups is 2. The third-order valence-corrected chi connectivity index (χ3v) is 13.1. The third-order valence-electron chi connectivity index (χ3n) is 12.2. The van der Waals surface area contributed by atoms with Gasteiger partial charge in [0.1, 0.15) is 19.3 Å². The van der Waals surface area contributed by atoms with Gasteiger partial charge in [0.2, 0.25) is 5.91 Å². The van der Waals surface area contributed by atoms with E-state index in [-0.39, 0.29) is 31.3 Å². The molecular weight excluding hydrogens is 880 g/mol. The SMILES string of the molecule is CC/C=C/C=C/C=C\CCCCCCCC(=O)NC(COP(=O)([O-])OCC[N+](C)(C)C)C(/C=C/CCCCCCCCCCCCC)OC(=O)CCCCCCCCC/C=C\C/C=C\CCCCC. The smallest absolute Gasteiger partial charge is 0.306 e. The maximum absolute atomic E-state index is 13.4. The van der Waals surface area contributed by atoms with Gasteiger partial charge in [0.15, 0.2) is 0 Å². The number of allylic oxidation sites excluding steroid dienone is 11. The number of phosphoric ester groups is 1. The van der Waals surface area contributed by atoms with Gasteiger partial charge in [0.25, 0.3) is 7.82 Å². The van der Waals surface area contributed by atoms with Crippen molar-refractivity contribution in [3.63, 3.8) is 0 Å². The van der Waals surface area contributed by atoms with E-state index in [0.29, 0.717) is 17.4 Å². The predicted molar refractivity (Wildman–Crippen MR) is 293 cm³/mol. The lowest BCUT2D eigenvalue weighted by Gasteiger charge is -2.30. The highest BCUT2D eigenvalue weighted by atomic mass is 31.2. The van der Waals surface area contributed by atoms with Crippen molar-refractivity contribution >= 4 is 19.7 Å². The van der Waals surface area contributed by atoms with Crippen LogP contribution in [0.4, 0.5) is 0 Å². The molecule has 0 aliphatic rings. The number of phosphoric acid groups is 1. The van der Waals surface area contributed by atoms with Crippen molar-refractivity contribution in [1.82, 2.24) is 5.32 Å². The van der Waals surface area contributed by atoms with Gasteiger partial charge >= 0.3 is 5.97 Å². The summed E-state index contributed by atoms with van der Waals surface area (Å²) in [5, 5.41) is 3.00. The lowest BCUT2D eigenvalue weighted by molar-refractivity contribution is -0.870. The summed E-state index contributed by atoms with van der Waals surface area (Å²) in [5.74, 6) is -0.576. The second-order valence-corrected chi connectivity index (χ2v) is 21.5. The van der Waals surface area contributed by atoms with Crippen molar-refractivity contribution in [2.45, 2.75) is 251 Å². The Labute approximate surface area is 425 Å². The summed E-state index contributed by atoms with van der Waals surface area (Å²) < 4.78 is 30.2. The molecule has 1 amide bonds. The minimum atomic E-state index is -4.70. The van der Waals surface area contributed by atoms with Crippen LogP contribution in [0.15, 0.2) is 72.9 Å². The number of nitrogens with one attached hydrogen (secondary N) is 1. The summed E-state index contributed by atoms with van der Waals surface area (Å²) in [7, 11) is 1.16. The lowest BCUT2D eigenvalue weighted by Crippen LogP contribution is -2.47. The van der Waals surface area contributed by atoms with Crippen LogP contribution in [0, 0.1) is 0 Å². The first-order valence-electron chi connectivity index (χ1n) is 28.3. The van der Waals surface area contributed by atoms with Crippen LogP contribution in [0.25, 0.3) is 0 Å². The number of unbranched alkanes of at least 4 members (excludes halogenated alkanes) is 26. The highest BCUT2D eigenvalue weighted by Gasteiger charge is 2.27. The Bertz CT molecular complexity index is 1420. The number of likely N-dealkylation sites (N-methyl/N-ethyl adjacent to an activating group) is 1. The molecule has 400 valence electrons. The van der Waals surface area contributed by atoms with Gasteiger partial charge in [-0.25, -0.2) is 0 Å². The Morgan fingerprint density at radius 2 is 0.986 bits per heavy atom. The molecule has 0 saturated carbocycles. The molecule has 0 aromatic carbocycles. The molecule has 3 atom stereocenters. The monoisotopic (exact) mass is 987 g/mol. The Kier molecular flexibility index (Phi) is 47.2. The van der Waals surface area contributed by atoms with E-state index < -0.39 is 26.6 Å². The molecular formula is C59H107N2O7P. The fourth-order valence-corrected chi connectivity index (χ4v) is 8.51. The van der Waals surface area contributed by atoms with Gasteiger partial charge in [-0.2, -0.15) is 0 Å². The van der Waals surface area contributed by atoms with Gasteiger partial charge in [-0.1, -0.05) is 216 Å². The average Bonchev–Trinajstić information content (AvgIpc) is 3.31. The Hall–Kier alpha value is -2.55. The molecule has 3 unspecified atom stereocenters. The molecule has 0 bridgehead atoms. The molecule has 0 rings (SSSR count). The first kappa shape index (κ1) is 66.5. The number of ether oxygens (including phenoxy) is 1. The largest absolute Gasteiger partial charge is 0.756 e. The topological polar surface area (TPSA) is 114 Å². The maximum atomic E-state index is 13.4. The van der Waals surface area contributed by atoms with Crippen molar-refractivity contribution in [3.05, 3.63) is 72.9 Å². The van der Waals surface area contributed by atoms with Crippen LogP contribution in [0.1, 0.15) is 239 Å². The summed E-state index contributed by atoms with van der Waals surface area (Å²) in [6.45, 7) is 6.65. The quantitative estimate of drug-likeness (QED) is 0.0161. The number of hydrogen-bond acceptors (Lipinski definition) is 7. The van der Waals surface area contributed by atoms with E-state index in [0.717, 1.165) is 96.3 Å². The molecule has 69 heavy (non-hydrogen) atoms. The summed E-state index contributed by atoms with van der Waals surface area (Å²) in [6, 6.07) is -0.903. The van der Waals surface area contributed by atoms with Crippen LogP contribution in [0.5, 0.6) is 0 Å². The lowest BCUT2D eigenvalue weighted by atomic mass is 10.0. The van der Waals surface area contributed by atoms with Crippen LogP contribution >= 0.6 is 7.82 Å². The van der Waals surface area contributed by atoms with Gasteiger partial charge in [-0.15, -0.1) is 0 Å². The Balaban J connectivity index is 5.41. The number of amides is 1. The van der Waals surface area contributed by atoms with Crippen LogP contribution in [-0.2, 0) is 27.9 Å².